The van der Waals surface area contributed by atoms with Crippen LogP contribution in [-0.2, 0) is 0 Å². The number of amides is 2. The number of imidazole rings is 1. The molecule has 3 aromatic rings. The van der Waals surface area contributed by atoms with Crippen LogP contribution in [0.5, 0.6) is 0 Å². The lowest BCUT2D eigenvalue weighted by Gasteiger charge is -2.09. The summed E-state index contributed by atoms with van der Waals surface area (Å²) in [6.45, 7) is 5.39. The van der Waals surface area contributed by atoms with E-state index < -0.39 is 0 Å². The van der Waals surface area contributed by atoms with E-state index in [2.05, 4.69) is 20.5 Å². The summed E-state index contributed by atoms with van der Waals surface area (Å²) in [6, 6.07) is 11.3. The maximum absolute atomic E-state index is 12.9. The zero-order valence-corrected chi connectivity index (χ0v) is 17.3. The maximum Gasteiger partial charge on any atom is 0.292 e. The highest BCUT2D eigenvalue weighted by atomic mass is 16.2. The molecule has 2 N–H and O–H groups in total. The van der Waals surface area contributed by atoms with Gasteiger partial charge in [-0.2, -0.15) is 0 Å². The molecular weight excluding hydrogens is 366 g/mol. The molecule has 0 atom stereocenters. The fraction of sp³-hybridized carbons (Fsp3) is 0.318. The minimum absolute atomic E-state index is 0.179. The number of aromatic nitrogens is 2. The number of fused-ring (bicyclic) bond motifs is 1. The SMILES string of the molecule is Cc1cc(C)cc(NC(=O)c2nc(C(=O)NCCCN(C)C)c3ccccn23)c1. The Morgan fingerprint density at radius 1 is 1.07 bits per heavy atom. The highest BCUT2D eigenvalue weighted by molar-refractivity contribution is 6.06. The van der Waals surface area contributed by atoms with Crippen LogP contribution in [0.15, 0.2) is 42.6 Å². The van der Waals surface area contributed by atoms with Crippen molar-refractivity contribution in [1.29, 1.82) is 0 Å². The molecule has 2 amide bonds. The number of nitrogens with zero attached hydrogens (tertiary/aromatic N) is 3. The van der Waals surface area contributed by atoms with E-state index in [9.17, 15) is 9.59 Å². The molecule has 29 heavy (non-hydrogen) atoms. The van der Waals surface area contributed by atoms with Gasteiger partial charge < -0.3 is 15.5 Å². The fourth-order valence-corrected chi connectivity index (χ4v) is 3.28. The van der Waals surface area contributed by atoms with Crippen LogP contribution in [0.1, 0.15) is 38.7 Å². The Morgan fingerprint density at radius 2 is 1.79 bits per heavy atom. The van der Waals surface area contributed by atoms with Gasteiger partial charge in [-0.15, -0.1) is 0 Å². The number of rotatable bonds is 7. The molecule has 0 saturated heterocycles. The van der Waals surface area contributed by atoms with Gasteiger partial charge in [-0.1, -0.05) is 12.1 Å². The Morgan fingerprint density at radius 3 is 2.48 bits per heavy atom. The molecule has 7 nitrogen and oxygen atoms in total. The topological polar surface area (TPSA) is 78.7 Å². The first-order chi connectivity index (χ1) is 13.8. The minimum atomic E-state index is -0.358. The van der Waals surface area contributed by atoms with Gasteiger partial charge in [0, 0.05) is 18.4 Å². The number of hydrogen-bond acceptors (Lipinski definition) is 4. The van der Waals surface area contributed by atoms with Gasteiger partial charge in [-0.05, 0) is 76.3 Å². The van der Waals surface area contributed by atoms with E-state index in [4.69, 9.17) is 0 Å². The van der Waals surface area contributed by atoms with Gasteiger partial charge in [-0.3, -0.25) is 14.0 Å². The molecule has 0 radical (unpaired) electrons. The smallest absolute Gasteiger partial charge is 0.292 e. The first kappa shape index (κ1) is 20.5. The predicted molar refractivity (Wildman–Crippen MR) is 115 cm³/mol. The number of benzene rings is 1. The molecule has 0 saturated carbocycles. The summed E-state index contributed by atoms with van der Waals surface area (Å²) in [4.78, 5) is 32.0. The van der Waals surface area contributed by atoms with Gasteiger partial charge in [0.2, 0.25) is 5.82 Å². The largest absolute Gasteiger partial charge is 0.351 e. The van der Waals surface area contributed by atoms with E-state index in [0.29, 0.717) is 17.7 Å². The van der Waals surface area contributed by atoms with Crippen LogP contribution in [0.2, 0.25) is 0 Å². The number of hydrogen-bond donors (Lipinski definition) is 2. The summed E-state index contributed by atoms with van der Waals surface area (Å²) in [7, 11) is 3.98. The maximum atomic E-state index is 12.9. The third-order valence-electron chi connectivity index (χ3n) is 4.51. The van der Waals surface area contributed by atoms with E-state index in [1.807, 2.05) is 52.2 Å². The Labute approximate surface area is 170 Å². The van der Waals surface area contributed by atoms with E-state index >= 15 is 0 Å². The Kier molecular flexibility index (Phi) is 6.29. The first-order valence-corrected chi connectivity index (χ1v) is 9.65. The van der Waals surface area contributed by atoms with E-state index in [-0.39, 0.29) is 23.3 Å². The van der Waals surface area contributed by atoms with Crippen molar-refractivity contribution in [2.75, 3.05) is 32.5 Å². The normalized spacial score (nSPS) is 11.1. The Bertz CT molecular complexity index is 1020. The molecule has 7 heteroatoms. The summed E-state index contributed by atoms with van der Waals surface area (Å²) in [6.07, 6.45) is 2.58. The number of carbonyl (C=O) groups is 2. The summed E-state index contributed by atoms with van der Waals surface area (Å²) in [5.41, 5.74) is 3.68. The molecule has 152 valence electrons. The molecular formula is C22H27N5O2. The molecule has 0 fully saturated rings. The average molecular weight is 393 g/mol. The number of pyridine rings is 1. The molecule has 0 bridgehead atoms. The van der Waals surface area contributed by atoms with Crippen molar-refractivity contribution in [1.82, 2.24) is 19.6 Å². The standard InChI is InChI=1S/C22H27N5O2/c1-15-12-16(2)14-17(13-15)24-22(29)20-25-19(18-8-5-6-11-27(18)20)21(28)23-9-7-10-26(3)4/h5-6,8,11-14H,7,9-10H2,1-4H3,(H,23,28)(H,24,29). The number of carbonyl (C=O) groups excluding carboxylic acids is 2. The van der Waals surface area contributed by atoms with Crippen LogP contribution in [0.4, 0.5) is 5.69 Å². The van der Waals surface area contributed by atoms with Gasteiger partial charge >= 0.3 is 0 Å². The lowest BCUT2D eigenvalue weighted by atomic mass is 10.1. The van der Waals surface area contributed by atoms with Gasteiger partial charge in [0.05, 0.1) is 5.52 Å². The lowest BCUT2D eigenvalue weighted by molar-refractivity contribution is 0.0949. The first-order valence-electron chi connectivity index (χ1n) is 9.65. The van der Waals surface area contributed by atoms with E-state index in [0.717, 1.165) is 24.1 Å². The molecule has 1 aromatic carbocycles. The third-order valence-corrected chi connectivity index (χ3v) is 4.51. The zero-order chi connectivity index (χ0) is 21.0. The summed E-state index contributed by atoms with van der Waals surface area (Å²) in [5.74, 6) is -0.459. The van der Waals surface area contributed by atoms with Crippen LogP contribution >= 0.6 is 0 Å². The highest BCUT2D eigenvalue weighted by Crippen LogP contribution is 2.17. The Hall–Kier alpha value is -3.19. The second-order valence-corrected chi connectivity index (χ2v) is 7.48. The van der Waals surface area contributed by atoms with Crippen LogP contribution in [0, 0.1) is 13.8 Å². The molecule has 0 unspecified atom stereocenters. The molecule has 0 spiro atoms. The van der Waals surface area contributed by atoms with Gasteiger partial charge in [-0.25, -0.2) is 4.98 Å². The van der Waals surface area contributed by atoms with Crippen molar-refractivity contribution < 1.29 is 9.59 Å². The minimum Gasteiger partial charge on any atom is -0.351 e. The summed E-state index contributed by atoms with van der Waals surface area (Å²) >= 11 is 0. The molecule has 2 heterocycles. The molecule has 3 rings (SSSR count). The molecule has 0 aliphatic rings. The summed E-state index contributed by atoms with van der Waals surface area (Å²) < 4.78 is 1.65. The van der Waals surface area contributed by atoms with Crippen LogP contribution in [0.3, 0.4) is 0 Å². The highest BCUT2D eigenvalue weighted by Gasteiger charge is 2.21. The van der Waals surface area contributed by atoms with E-state index in [1.165, 1.54) is 0 Å². The molecule has 0 aliphatic carbocycles. The van der Waals surface area contributed by atoms with Crippen molar-refractivity contribution in [2.45, 2.75) is 20.3 Å². The molecule has 0 aliphatic heterocycles. The average Bonchev–Trinajstić information content (AvgIpc) is 3.04. The van der Waals surface area contributed by atoms with Crippen LogP contribution in [-0.4, -0.2) is 53.3 Å². The van der Waals surface area contributed by atoms with Crippen molar-refractivity contribution in [3.8, 4) is 0 Å². The van der Waals surface area contributed by atoms with Gasteiger partial charge in [0.25, 0.3) is 11.8 Å². The van der Waals surface area contributed by atoms with Crippen molar-refractivity contribution in [2.24, 2.45) is 0 Å². The lowest BCUT2D eigenvalue weighted by Crippen LogP contribution is -2.27. The van der Waals surface area contributed by atoms with E-state index in [1.54, 1.807) is 22.7 Å². The number of aryl methyl sites for hydroxylation is 2. The quantitative estimate of drug-likeness (QED) is 0.605. The van der Waals surface area contributed by atoms with Crippen LogP contribution < -0.4 is 10.6 Å². The fourth-order valence-electron chi connectivity index (χ4n) is 3.28. The number of anilines is 1. The second-order valence-electron chi connectivity index (χ2n) is 7.48. The predicted octanol–water partition coefficient (Wildman–Crippen LogP) is 2.88. The Balaban J connectivity index is 1.83. The van der Waals surface area contributed by atoms with Gasteiger partial charge in [0.15, 0.2) is 5.69 Å². The van der Waals surface area contributed by atoms with Gasteiger partial charge in [0.1, 0.15) is 0 Å². The summed E-state index contributed by atoms with van der Waals surface area (Å²) in [5, 5.41) is 5.78. The monoisotopic (exact) mass is 393 g/mol. The van der Waals surface area contributed by atoms with Crippen molar-refractivity contribution in [3.63, 3.8) is 0 Å². The zero-order valence-electron chi connectivity index (χ0n) is 17.3. The molecule has 2 aromatic heterocycles. The third kappa shape index (κ3) is 5.00. The van der Waals surface area contributed by atoms with Crippen molar-refractivity contribution in [3.05, 3.63) is 65.2 Å². The number of nitrogens with one attached hydrogen (secondary N) is 2. The second kappa shape index (κ2) is 8.87. The van der Waals surface area contributed by atoms with Crippen LogP contribution in [0.25, 0.3) is 5.52 Å². The van der Waals surface area contributed by atoms with Crippen molar-refractivity contribution >= 4 is 23.0 Å².